The molecule has 0 fully saturated rings. The lowest BCUT2D eigenvalue weighted by Crippen LogP contribution is -2.13. The smallest absolute Gasteiger partial charge is 0.268 e. The topological polar surface area (TPSA) is 128 Å². The highest BCUT2D eigenvalue weighted by Gasteiger charge is 2.13. The number of phenols is 2. The molecule has 140 valence electrons. The Labute approximate surface area is 164 Å². The van der Waals surface area contributed by atoms with Crippen molar-refractivity contribution < 1.29 is 19.7 Å². The molecule has 0 saturated heterocycles. The Kier molecular flexibility index (Phi) is 5.53. The zero-order valence-electron chi connectivity index (χ0n) is 14.6. The number of phenolic OH excluding ortho intramolecular Hbond substituents is 2. The number of benzene rings is 1. The van der Waals surface area contributed by atoms with Gasteiger partial charge in [0.25, 0.3) is 5.91 Å². The zero-order valence-corrected chi connectivity index (χ0v) is 15.4. The molecular weight excluding hydrogens is 380 g/mol. The molecule has 2 heterocycles. The maximum Gasteiger partial charge on any atom is 0.268 e. The summed E-state index contributed by atoms with van der Waals surface area (Å²) in [6.45, 7) is 0. The molecule has 0 aliphatic carbocycles. The number of ether oxygens (including phenoxy) is 1. The number of nitrogens with one attached hydrogen (secondary N) is 1. The van der Waals surface area contributed by atoms with E-state index >= 15 is 0 Å². The zero-order chi connectivity index (χ0) is 20.1. The largest absolute Gasteiger partial charge is 0.504 e. The molecule has 3 rings (SSSR count). The Morgan fingerprint density at radius 2 is 2.11 bits per heavy atom. The number of pyridine rings is 1. The van der Waals surface area contributed by atoms with Crippen LogP contribution in [0.15, 0.2) is 47.5 Å². The third-order valence-electron chi connectivity index (χ3n) is 3.64. The van der Waals surface area contributed by atoms with E-state index in [9.17, 15) is 20.3 Å². The van der Waals surface area contributed by atoms with Crippen molar-refractivity contribution >= 4 is 28.5 Å². The predicted octanol–water partition coefficient (Wildman–Crippen LogP) is 3.17. The van der Waals surface area contributed by atoms with Gasteiger partial charge in [-0.1, -0.05) is 6.07 Å². The number of carbonyl (C=O) groups excluding carboxylic acids is 1. The fourth-order valence-electron chi connectivity index (χ4n) is 2.23. The van der Waals surface area contributed by atoms with Crippen LogP contribution in [0.5, 0.6) is 17.4 Å². The van der Waals surface area contributed by atoms with Crippen molar-refractivity contribution in [3.05, 3.63) is 53.0 Å². The fraction of sp³-hybridized carbons (Fsp3) is 0.0526. The van der Waals surface area contributed by atoms with Gasteiger partial charge in [0.15, 0.2) is 16.6 Å². The molecule has 0 aliphatic heterocycles. The van der Waals surface area contributed by atoms with Crippen LogP contribution >= 0.6 is 11.3 Å². The summed E-state index contributed by atoms with van der Waals surface area (Å²) in [5.74, 6) is -0.784. The summed E-state index contributed by atoms with van der Waals surface area (Å²) in [5.41, 5.74) is 1.61. The van der Waals surface area contributed by atoms with Gasteiger partial charge in [0.2, 0.25) is 5.88 Å². The Morgan fingerprint density at radius 3 is 2.75 bits per heavy atom. The highest BCUT2D eigenvalue weighted by molar-refractivity contribution is 7.14. The first-order chi connectivity index (χ1) is 13.5. The van der Waals surface area contributed by atoms with Gasteiger partial charge in [0.1, 0.15) is 11.6 Å². The van der Waals surface area contributed by atoms with Crippen LogP contribution in [0.25, 0.3) is 17.3 Å². The second kappa shape index (κ2) is 8.20. The highest BCUT2D eigenvalue weighted by Crippen LogP contribution is 2.27. The number of nitrogens with zero attached hydrogens (tertiary/aromatic N) is 3. The summed E-state index contributed by atoms with van der Waals surface area (Å²) in [5, 5.41) is 32.8. The van der Waals surface area contributed by atoms with Crippen LogP contribution in [-0.4, -0.2) is 33.2 Å². The third kappa shape index (κ3) is 4.25. The van der Waals surface area contributed by atoms with Gasteiger partial charge in [-0.3, -0.25) is 10.1 Å². The molecule has 0 bridgehead atoms. The van der Waals surface area contributed by atoms with E-state index < -0.39 is 5.91 Å². The first-order valence-corrected chi connectivity index (χ1v) is 8.79. The summed E-state index contributed by atoms with van der Waals surface area (Å²) in [7, 11) is 1.53. The fourth-order valence-corrected chi connectivity index (χ4v) is 2.94. The van der Waals surface area contributed by atoms with E-state index in [1.807, 2.05) is 6.07 Å². The van der Waals surface area contributed by atoms with Crippen molar-refractivity contribution in [1.82, 2.24) is 9.97 Å². The van der Waals surface area contributed by atoms with Gasteiger partial charge in [0, 0.05) is 23.2 Å². The van der Waals surface area contributed by atoms with Gasteiger partial charge in [-0.2, -0.15) is 5.26 Å². The van der Waals surface area contributed by atoms with Crippen LogP contribution in [0.3, 0.4) is 0 Å². The van der Waals surface area contributed by atoms with E-state index in [0.717, 1.165) is 5.56 Å². The van der Waals surface area contributed by atoms with Gasteiger partial charge in [-0.25, -0.2) is 9.97 Å². The minimum atomic E-state index is -0.635. The maximum absolute atomic E-state index is 12.4. The molecule has 9 heteroatoms. The normalized spacial score (nSPS) is 10.9. The van der Waals surface area contributed by atoms with E-state index in [0.29, 0.717) is 22.3 Å². The lowest BCUT2D eigenvalue weighted by molar-refractivity contribution is -0.112. The average Bonchev–Trinajstić information content (AvgIpc) is 3.17. The minimum Gasteiger partial charge on any atom is -0.504 e. The van der Waals surface area contributed by atoms with Gasteiger partial charge >= 0.3 is 0 Å². The minimum absolute atomic E-state index is 0.173. The molecule has 2 aromatic heterocycles. The first-order valence-electron chi connectivity index (χ1n) is 7.91. The van der Waals surface area contributed by atoms with Crippen LogP contribution in [0.4, 0.5) is 5.13 Å². The molecule has 1 amide bonds. The van der Waals surface area contributed by atoms with Crippen molar-refractivity contribution in [3.8, 4) is 34.7 Å². The van der Waals surface area contributed by atoms with Gasteiger partial charge in [-0.15, -0.1) is 11.3 Å². The van der Waals surface area contributed by atoms with Crippen molar-refractivity contribution in [2.75, 3.05) is 12.4 Å². The summed E-state index contributed by atoms with van der Waals surface area (Å²) >= 11 is 1.21. The van der Waals surface area contributed by atoms with Crippen molar-refractivity contribution in [3.63, 3.8) is 0 Å². The number of thiazole rings is 1. The Hall–Kier alpha value is -3.90. The number of methoxy groups -OCH3 is 1. The first kappa shape index (κ1) is 18.9. The summed E-state index contributed by atoms with van der Waals surface area (Å²) in [4.78, 5) is 20.8. The predicted molar refractivity (Wildman–Crippen MR) is 104 cm³/mol. The lowest BCUT2D eigenvalue weighted by atomic mass is 10.1. The number of hydrogen-bond acceptors (Lipinski definition) is 8. The number of aromatic nitrogens is 2. The average molecular weight is 394 g/mol. The van der Waals surface area contributed by atoms with Crippen molar-refractivity contribution in [2.45, 2.75) is 0 Å². The van der Waals surface area contributed by atoms with Crippen LogP contribution in [0.1, 0.15) is 5.56 Å². The second-order valence-corrected chi connectivity index (χ2v) is 6.36. The SMILES string of the molecule is COc1ccc(-c2csc(NC(=O)/C(C#N)=C/c3ccc(O)c(O)c3)n2)cn1. The van der Waals surface area contributed by atoms with Crippen LogP contribution < -0.4 is 10.1 Å². The lowest BCUT2D eigenvalue weighted by Gasteiger charge is -2.02. The summed E-state index contributed by atoms with van der Waals surface area (Å²) in [6.07, 6.45) is 2.91. The van der Waals surface area contributed by atoms with Crippen LogP contribution in [0.2, 0.25) is 0 Å². The molecule has 3 N–H and O–H groups in total. The monoisotopic (exact) mass is 394 g/mol. The van der Waals surface area contributed by atoms with Gasteiger partial charge in [-0.05, 0) is 29.8 Å². The van der Waals surface area contributed by atoms with E-state index in [1.165, 1.54) is 42.7 Å². The molecule has 0 radical (unpaired) electrons. The Bertz CT molecular complexity index is 1080. The number of hydrogen-bond donors (Lipinski definition) is 3. The molecular formula is C19H14N4O4S. The van der Waals surface area contributed by atoms with E-state index in [1.54, 1.807) is 23.7 Å². The number of aromatic hydroxyl groups is 2. The van der Waals surface area contributed by atoms with E-state index in [4.69, 9.17) is 4.74 Å². The summed E-state index contributed by atoms with van der Waals surface area (Å²) in [6, 6.07) is 9.30. The number of carbonyl (C=O) groups is 1. The third-order valence-corrected chi connectivity index (χ3v) is 4.40. The standard InChI is InChI=1S/C19H14N4O4S/c1-27-17-5-3-12(9-21-17)14-10-28-19(22-14)23-18(26)13(8-20)6-11-2-4-15(24)16(25)7-11/h2-7,9-10,24-25H,1H3,(H,22,23,26)/b13-6+. The van der Waals surface area contributed by atoms with Crippen molar-refractivity contribution in [2.24, 2.45) is 0 Å². The van der Waals surface area contributed by atoms with Gasteiger partial charge < -0.3 is 14.9 Å². The molecule has 0 unspecified atom stereocenters. The second-order valence-electron chi connectivity index (χ2n) is 5.50. The summed E-state index contributed by atoms with van der Waals surface area (Å²) < 4.78 is 5.01. The van der Waals surface area contributed by atoms with Crippen molar-refractivity contribution in [1.29, 1.82) is 5.26 Å². The molecule has 0 atom stereocenters. The number of amides is 1. The number of rotatable bonds is 5. The number of anilines is 1. The molecule has 0 saturated carbocycles. The molecule has 28 heavy (non-hydrogen) atoms. The van der Waals surface area contributed by atoms with Crippen LogP contribution in [-0.2, 0) is 4.79 Å². The van der Waals surface area contributed by atoms with Crippen LogP contribution in [0, 0.1) is 11.3 Å². The highest BCUT2D eigenvalue weighted by atomic mass is 32.1. The molecule has 3 aromatic rings. The maximum atomic E-state index is 12.4. The van der Waals surface area contributed by atoms with E-state index in [2.05, 4.69) is 15.3 Å². The molecule has 8 nitrogen and oxygen atoms in total. The number of nitriles is 1. The molecule has 0 aliphatic rings. The Morgan fingerprint density at radius 1 is 1.29 bits per heavy atom. The van der Waals surface area contributed by atoms with E-state index in [-0.39, 0.29) is 17.1 Å². The quantitative estimate of drug-likeness (QED) is 0.344. The molecule has 0 spiro atoms. The Balaban J connectivity index is 1.76. The van der Waals surface area contributed by atoms with Gasteiger partial charge in [0.05, 0.1) is 12.8 Å². The molecule has 1 aromatic carbocycles.